The molecule has 0 spiro atoms. The third-order valence-corrected chi connectivity index (χ3v) is 5.03. The van der Waals surface area contributed by atoms with Gasteiger partial charge in [-0.1, -0.05) is 12.8 Å². The van der Waals surface area contributed by atoms with Crippen molar-refractivity contribution in [3.63, 3.8) is 0 Å². The first-order chi connectivity index (χ1) is 9.75. The molecule has 3 rings (SSSR count). The largest absolute Gasteiger partial charge is 0.339 e. The predicted octanol–water partition coefficient (Wildman–Crippen LogP) is 2.22. The quantitative estimate of drug-likeness (QED) is 0.838. The molecule has 1 saturated carbocycles. The van der Waals surface area contributed by atoms with Crippen LogP contribution in [-0.4, -0.2) is 47.8 Å². The first-order valence-electron chi connectivity index (χ1n) is 7.36. The molecule has 20 heavy (non-hydrogen) atoms. The number of rotatable bonds is 2. The summed E-state index contributed by atoms with van der Waals surface area (Å²) in [6.45, 7) is 2.69. The van der Waals surface area contributed by atoms with Crippen LogP contribution in [0.4, 0.5) is 0 Å². The van der Waals surface area contributed by atoms with Crippen molar-refractivity contribution in [2.75, 3.05) is 26.2 Å². The number of amides is 2. The maximum Gasteiger partial charge on any atom is 0.254 e. The molecule has 108 valence electrons. The number of carbonyl (C=O) groups excluding carboxylic acids is 2. The van der Waals surface area contributed by atoms with Gasteiger partial charge in [-0.15, -0.1) is 0 Å². The van der Waals surface area contributed by atoms with Crippen LogP contribution in [-0.2, 0) is 4.79 Å². The molecule has 0 aromatic carbocycles. The summed E-state index contributed by atoms with van der Waals surface area (Å²) in [6, 6.07) is 1.86. The van der Waals surface area contributed by atoms with Crippen molar-refractivity contribution in [3.05, 3.63) is 22.4 Å². The van der Waals surface area contributed by atoms with Gasteiger partial charge < -0.3 is 9.80 Å². The van der Waals surface area contributed by atoms with Crippen LogP contribution in [0.5, 0.6) is 0 Å². The van der Waals surface area contributed by atoms with Gasteiger partial charge in [-0.25, -0.2) is 0 Å². The number of thiophene rings is 1. The van der Waals surface area contributed by atoms with Gasteiger partial charge in [0.05, 0.1) is 5.56 Å². The first-order valence-corrected chi connectivity index (χ1v) is 8.30. The van der Waals surface area contributed by atoms with Crippen molar-refractivity contribution < 1.29 is 9.59 Å². The Morgan fingerprint density at radius 3 is 2.30 bits per heavy atom. The van der Waals surface area contributed by atoms with Crippen LogP contribution in [0, 0.1) is 5.92 Å². The molecule has 1 aliphatic heterocycles. The molecule has 1 aromatic heterocycles. The van der Waals surface area contributed by atoms with Gasteiger partial charge >= 0.3 is 0 Å². The Balaban J connectivity index is 1.54. The lowest BCUT2D eigenvalue weighted by Gasteiger charge is -2.35. The van der Waals surface area contributed by atoms with E-state index in [1.165, 1.54) is 12.8 Å². The normalized spacial score (nSPS) is 20.4. The van der Waals surface area contributed by atoms with Gasteiger partial charge in [0.2, 0.25) is 5.91 Å². The van der Waals surface area contributed by atoms with E-state index in [1.807, 2.05) is 26.6 Å². The molecule has 1 aliphatic carbocycles. The molecule has 0 radical (unpaired) electrons. The summed E-state index contributed by atoms with van der Waals surface area (Å²) in [4.78, 5) is 28.4. The molecule has 5 heteroatoms. The van der Waals surface area contributed by atoms with Gasteiger partial charge in [0.15, 0.2) is 0 Å². The molecule has 2 fully saturated rings. The predicted molar refractivity (Wildman–Crippen MR) is 78.8 cm³/mol. The van der Waals surface area contributed by atoms with E-state index in [2.05, 4.69) is 0 Å². The summed E-state index contributed by atoms with van der Waals surface area (Å²) >= 11 is 1.54. The molecular formula is C15H20N2O2S. The lowest BCUT2D eigenvalue weighted by atomic mass is 10.1. The van der Waals surface area contributed by atoms with E-state index in [0.717, 1.165) is 18.4 Å². The zero-order chi connectivity index (χ0) is 13.9. The molecule has 4 nitrogen and oxygen atoms in total. The van der Waals surface area contributed by atoms with Gasteiger partial charge in [-0.05, 0) is 24.3 Å². The number of hydrogen-bond donors (Lipinski definition) is 0. The minimum Gasteiger partial charge on any atom is -0.339 e. The van der Waals surface area contributed by atoms with E-state index in [1.54, 1.807) is 11.3 Å². The van der Waals surface area contributed by atoms with E-state index in [9.17, 15) is 9.59 Å². The number of piperazine rings is 1. The van der Waals surface area contributed by atoms with Crippen LogP contribution in [0.25, 0.3) is 0 Å². The highest BCUT2D eigenvalue weighted by Gasteiger charge is 2.30. The van der Waals surface area contributed by atoms with E-state index in [4.69, 9.17) is 0 Å². The third kappa shape index (κ3) is 2.73. The van der Waals surface area contributed by atoms with Gasteiger partial charge in [0.1, 0.15) is 0 Å². The Morgan fingerprint density at radius 2 is 1.70 bits per heavy atom. The second kappa shape index (κ2) is 5.95. The second-order valence-electron chi connectivity index (χ2n) is 5.61. The van der Waals surface area contributed by atoms with Crippen LogP contribution < -0.4 is 0 Å². The molecule has 1 aromatic rings. The maximum atomic E-state index is 12.3. The molecule has 2 aliphatic rings. The highest BCUT2D eigenvalue weighted by Crippen LogP contribution is 2.27. The fourth-order valence-corrected chi connectivity index (χ4v) is 3.76. The van der Waals surface area contributed by atoms with E-state index in [0.29, 0.717) is 32.1 Å². The average molecular weight is 292 g/mol. The van der Waals surface area contributed by atoms with E-state index in [-0.39, 0.29) is 11.8 Å². The highest BCUT2D eigenvalue weighted by atomic mass is 32.1. The Bertz CT molecular complexity index is 472. The summed E-state index contributed by atoms with van der Waals surface area (Å²) in [6.07, 6.45) is 4.47. The van der Waals surface area contributed by atoms with Gasteiger partial charge in [-0.2, -0.15) is 11.3 Å². The highest BCUT2D eigenvalue weighted by molar-refractivity contribution is 7.08. The van der Waals surface area contributed by atoms with Crippen molar-refractivity contribution in [3.8, 4) is 0 Å². The molecule has 0 unspecified atom stereocenters. The van der Waals surface area contributed by atoms with Gasteiger partial charge in [0, 0.05) is 37.5 Å². The van der Waals surface area contributed by atoms with Crippen molar-refractivity contribution in [2.45, 2.75) is 25.7 Å². The average Bonchev–Trinajstić information content (AvgIpc) is 3.18. The fourth-order valence-electron chi connectivity index (χ4n) is 3.13. The van der Waals surface area contributed by atoms with Crippen LogP contribution in [0.15, 0.2) is 16.8 Å². The van der Waals surface area contributed by atoms with Crippen molar-refractivity contribution >= 4 is 23.2 Å². The molecule has 0 N–H and O–H groups in total. The van der Waals surface area contributed by atoms with Crippen molar-refractivity contribution in [1.82, 2.24) is 9.80 Å². The van der Waals surface area contributed by atoms with Crippen molar-refractivity contribution in [2.24, 2.45) is 5.92 Å². The molecular weight excluding hydrogens is 272 g/mol. The zero-order valence-corrected chi connectivity index (χ0v) is 12.4. The number of nitrogens with zero attached hydrogens (tertiary/aromatic N) is 2. The topological polar surface area (TPSA) is 40.6 Å². The smallest absolute Gasteiger partial charge is 0.254 e. The molecule has 1 saturated heterocycles. The molecule has 2 heterocycles. The zero-order valence-electron chi connectivity index (χ0n) is 11.6. The first kappa shape index (κ1) is 13.6. The molecule has 0 atom stereocenters. The van der Waals surface area contributed by atoms with Crippen LogP contribution in [0.1, 0.15) is 36.0 Å². The number of hydrogen-bond acceptors (Lipinski definition) is 3. The summed E-state index contributed by atoms with van der Waals surface area (Å²) in [5.74, 6) is 0.651. The number of carbonyl (C=O) groups is 2. The summed E-state index contributed by atoms with van der Waals surface area (Å²) in [5.41, 5.74) is 0.769. The Morgan fingerprint density at radius 1 is 1.05 bits per heavy atom. The Hall–Kier alpha value is -1.36. The van der Waals surface area contributed by atoms with Crippen LogP contribution in [0.3, 0.4) is 0 Å². The Kier molecular flexibility index (Phi) is 4.05. The lowest BCUT2D eigenvalue weighted by Crippen LogP contribution is -2.51. The van der Waals surface area contributed by atoms with E-state index < -0.39 is 0 Å². The Labute approximate surface area is 123 Å². The van der Waals surface area contributed by atoms with Crippen LogP contribution in [0.2, 0.25) is 0 Å². The molecule has 0 bridgehead atoms. The maximum absolute atomic E-state index is 12.3. The summed E-state index contributed by atoms with van der Waals surface area (Å²) < 4.78 is 0. The summed E-state index contributed by atoms with van der Waals surface area (Å²) in [7, 11) is 0. The monoisotopic (exact) mass is 292 g/mol. The van der Waals surface area contributed by atoms with E-state index >= 15 is 0 Å². The standard InChI is InChI=1S/C15H20N2O2S/c18-14(12-3-1-2-4-12)16-6-8-17(9-7-16)15(19)13-5-10-20-11-13/h5,10-12H,1-4,6-9H2. The van der Waals surface area contributed by atoms with Crippen molar-refractivity contribution in [1.29, 1.82) is 0 Å². The third-order valence-electron chi connectivity index (χ3n) is 4.35. The fraction of sp³-hybridized carbons (Fsp3) is 0.600. The minimum absolute atomic E-state index is 0.0965. The lowest BCUT2D eigenvalue weighted by molar-refractivity contribution is -0.136. The van der Waals surface area contributed by atoms with Gasteiger partial charge in [-0.3, -0.25) is 9.59 Å². The molecule has 2 amide bonds. The second-order valence-corrected chi connectivity index (χ2v) is 6.39. The minimum atomic E-state index is 0.0965. The summed E-state index contributed by atoms with van der Waals surface area (Å²) in [5, 5.41) is 3.81. The van der Waals surface area contributed by atoms with Crippen LogP contribution >= 0.6 is 11.3 Å². The SMILES string of the molecule is O=C(c1ccsc1)N1CCN(C(=O)C2CCCC2)CC1. The van der Waals surface area contributed by atoms with Gasteiger partial charge in [0.25, 0.3) is 5.91 Å².